The molecule has 3 aromatic rings. The highest BCUT2D eigenvalue weighted by atomic mass is 79.9. The molecule has 6 nitrogen and oxygen atoms in total. The molecular weight excluding hydrogens is 510 g/mol. The minimum atomic E-state index is -1.00. The average molecular weight is 525 g/mol. The third-order valence-corrected chi connectivity index (χ3v) is 6.84. The lowest BCUT2D eigenvalue weighted by Gasteiger charge is -2.24. The van der Waals surface area contributed by atoms with Crippen LogP contribution in [0.5, 0.6) is 0 Å². The third kappa shape index (κ3) is 4.18. The number of carbonyl (C=O) groups excluding carboxylic acids is 1. The molecule has 0 aliphatic carbocycles. The van der Waals surface area contributed by atoms with E-state index in [9.17, 15) is 15.3 Å². The SMILES string of the molecule is CC1=NN(c2nc(-c3ccc(Cl)cc3)cs2)C(=O)[C@H]1[C@H](c1ccc(Br)cc1)C(C#N)C#N. The molecule has 0 spiro atoms. The number of carbonyl (C=O) groups is 1. The van der Waals surface area contributed by atoms with E-state index in [-0.39, 0.29) is 5.91 Å². The molecule has 1 aromatic heterocycles. The Morgan fingerprint density at radius 1 is 1.12 bits per heavy atom. The summed E-state index contributed by atoms with van der Waals surface area (Å²) in [6.45, 7) is 1.74. The van der Waals surface area contributed by atoms with Crippen molar-refractivity contribution in [1.29, 1.82) is 10.5 Å². The number of nitrogens with zero attached hydrogens (tertiary/aromatic N) is 5. The number of anilines is 1. The number of hydrazone groups is 1. The summed E-state index contributed by atoms with van der Waals surface area (Å²) in [6.07, 6.45) is 0. The predicted octanol–water partition coefficient (Wildman–Crippen LogP) is 6.01. The van der Waals surface area contributed by atoms with Crippen molar-refractivity contribution < 1.29 is 4.79 Å². The van der Waals surface area contributed by atoms with Gasteiger partial charge in [-0.15, -0.1) is 11.3 Å². The molecule has 2 atom stereocenters. The molecule has 1 aliphatic rings. The summed E-state index contributed by atoms with van der Waals surface area (Å²) >= 11 is 10.7. The molecule has 0 fully saturated rings. The Hall–Kier alpha value is -3.04. The van der Waals surface area contributed by atoms with Crippen LogP contribution in [0.15, 0.2) is 63.5 Å². The lowest BCUT2D eigenvalue weighted by molar-refractivity contribution is -0.120. The summed E-state index contributed by atoms with van der Waals surface area (Å²) in [6, 6.07) is 18.7. The standard InChI is InChI=1S/C23H15BrClN5OS/c1-13-20(21(16(10-26)11-27)15-2-6-17(24)7-3-15)22(31)30(29-13)23-28-19(12-32-23)14-4-8-18(25)9-5-14/h2-9,12,16,20-21H,1H3/t20-,21-/m1/s1. The molecule has 0 N–H and O–H groups in total. The fourth-order valence-corrected chi connectivity index (χ4v) is 4.87. The maximum absolute atomic E-state index is 13.5. The molecule has 158 valence electrons. The first-order chi connectivity index (χ1) is 15.4. The van der Waals surface area contributed by atoms with Crippen molar-refractivity contribution >= 4 is 55.6 Å². The fraction of sp³-hybridized carbons (Fsp3) is 0.174. The summed E-state index contributed by atoms with van der Waals surface area (Å²) < 4.78 is 0.868. The van der Waals surface area contributed by atoms with Crippen LogP contribution < -0.4 is 5.01 Å². The van der Waals surface area contributed by atoms with Gasteiger partial charge in [-0.3, -0.25) is 4.79 Å². The topological polar surface area (TPSA) is 93.1 Å². The Balaban J connectivity index is 1.68. The zero-order valence-corrected chi connectivity index (χ0v) is 19.9. The Morgan fingerprint density at radius 2 is 1.78 bits per heavy atom. The molecule has 4 rings (SSSR count). The smallest absolute Gasteiger partial charge is 0.259 e. The lowest BCUT2D eigenvalue weighted by atomic mass is 9.76. The molecule has 2 aromatic carbocycles. The van der Waals surface area contributed by atoms with E-state index in [0.29, 0.717) is 21.6 Å². The number of hydrogen-bond donors (Lipinski definition) is 0. The van der Waals surface area contributed by atoms with E-state index in [1.165, 1.54) is 16.3 Å². The molecule has 0 bridgehead atoms. The highest BCUT2D eigenvalue weighted by Crippen LogP contribution is 2.40. The number of rotatable bonds is 5. The van der Waals surface area contributed by atoms with Crippen molar-refractivity contribution in [2.45, 2.75) is 12.8 Å². The Kier molecular flexibility index (Phi) is 6.38. The number of aromatic nitrogens is 1. The van der Waals surface area contributed by atoms with Gasteiger partial charge in [0.2, 0.25) is 5.13 Å². The monoisotopic (exact) mass is 523 g/mol. The molecule has 0 saturated carbocycles. The van der Waals surface area contributed by atoms with Gasteiger partial charge in [-0.25, -0.2) is 4.98 Å². The molecule has 32 heavy (non-hydrogen) atoms. The number of nitriles is 2. The molecule has 1 amide bonds. The first-order valence-corrected chi connectivity index (χ1v) is 11.6. The summed E-state index contributed by atoms with van der Waals surface area (Å²) in [7, 11) is 0. The van der Waals surface area contributed by atoms with Crippen LogP contribution in [0.25, 0.3) is 11.3 Å². The van der Waals surface area contributed by atoms with Gasteiger partial charge in [-0.1, -0.05) is 51.8 Å². The normalized spacial score (nSPS) is 16.6. The maximum Gasteiger partial charge on any atom is 0.259 e. The molecule has 0 radical (unpaired) electrons. The van der Waals surface area contributed by atoms with E-state index >= 15 is 0 Å². The highest BCUT2D eigenvalue weighted by molar-refractivity contribution is 9.10. The van der Waals surface area contributed by atoms with Crippen LogP contribution in [-0.4, -0.2) is 16.6 Å². The zero-order valence-electron chi connectivity index (χ0n) is 16.7. The first kappa shape index (κ1) is 22.2. The van der Waals surface area contributed by atoms with E-state index in [1.807, 2.05) is 53.9 Å². The van der Waals surface area contributed by atoms with Crippen LogP contribution in [0, 0.1) is 34.5 Å². The van der Waals surface area contributed by atoms with Crippen molar-refractivity contribution in [2.24, 2.45) is 16.9 Å². The predicted molar refractivity (Wildman–Crippen MR) is 128 cm³/mol. The Bertz CT molecular complexity index is 1260. The van der Waals surface area contributed by atoms with Crippen molar-refractivity contribution in [3.63, 3.8) is 0 Å². The van der Waals surface area contributed by atoms with Crippen molar-refractivity contribution in [1.82, 2.24) is 4.98 Å². The molecule has 0 unspecified atom stereocenters. The van der Waals surface area contributed by atoms with Crippen molar-refractivity contribution in [2.75, 3.05) is 5.01 Å². The summed E-state index contributed by atoms with van der Waals surface area (Å²) in [4.78, 5) is 18.0. The first-order valence-electron chi connectivity index (χ1n) is 9.58. The quantitative estimate of drug-likeness (QED) is 0.408. The van der Waals surface area contributed by atoms with Gasteiger partial charge in [0.25, 0.3) is 5.91 Å². The van der Waals surface area contributed by atoms with Crippen LogP contribution >= 0.6 is 38.9 Å². The van der Waals surface area contributed by atoms with Gasteiger partial charge in [0, 0.05) is 32.1 Å². The second-order valence-corrected chi connectivity index (χ2v) is 9.39. The van der Waals surface area contributed by atoms with Crippen LogP contribution in [0.1, 0.15) is 18.4 Å². The summed E-state index contributed by atoms with van der Waals surface area (Å²) in [5.41, 5.74) is 2.86. The minimum Gasteiger partial charge on any atom is -0.272 e. The second-order valence-electron chi connectivity index (χ2n) is 7.20. The molecule has 1 aliphatic heterocycles. The van der Waals surface area contributed by atoms with Gasteiger partial charge in [0.05, 0.1) is 23.8 Å². The van der Waals surface area contributed by atoms with Crippen LogP contribution in [0.3, 0.4) is 0 Å². The van der Waals surface area contributed by atoms with Gasteiger partial charge < -0.3 is 0 Å². The van der Waals surface area contributed by atoms with Crippen molar-refractivity contribution in [3.8, 4) is 23.4 Å². The zero-order chi connectivity index (χ0) is 22.8. The largest absolute Gasteiger partial charge is 0.272 e. The van der Waals surface area contributed by atoms with E-state index in [4.69, 9.17) is 11.6 Å². The van der Waals surface area contributed by atoms with Crippen LogP contribution in [0.4, 0.5) is 5.13 Å². The van der Waals surface area contributed by atoms with Gasteiger partial charge >= 0.3 is 0 Å². The summed E-state index contributed by atoms with van der Waals surface area (Å²) in [5, 5.41) is 27.9. The second kappa shape index (κ2) is 9.22. The van der Waals surface area contributed by atoms with E-state index < -0.39 is 17.8 Å². The lowest BCUT2D eigenvalue weighted by Crippen LogP contribution is -2.34. The number of amides is 1. The maximum atomic E-state index is 13.5. The van der Waals surface area contributed by atoms with E-state index in [2.05, 4.69) is 26.0 Å². The number of halogens is 2. The average Bonchev–Trinajstić information content (AvgIpc) is 3.38. The van der Waals surface area contributed by atoms with Gasteiger partial charge in [-0.2, -0.15) is 20.6 Å². The Labute approximate surface area is 202 Å². The molecular formula is C23H15BrClN5OS. The van der Waals surface area contributed by atoms with Gasteiger partial charge in [0.1, 0.15) is 5.92 Å². The number of hydrogen-bond acceptors (Lipinski definition) is 6. The van der Waals surface area contributed by atoms with Crippen molar-refractivity contribution in [3.05, 3.63) is 69.0 Å². The van der Waals surface area contributed by atoms with Crippen LogP contribution in [0.2, 0.25) is 5.02 Å². The third-order valence-electron chi connectivity index (χ3n) is 5.25. The molecule has 2 heterocycles. The minimum absolute atomic E-state index is 0.303. The number of thiazole rings is 1. The highest BCUT2D eigenvalue weighted by Gasteiger charge is 2.45. The Morgan fingerprint density at radius 3 is 2.41 bits per heavy atom. The molecule has 0 saturated heterocycles. The number of benzene rings is 2. The summed E-state index contributed by atoms with van der Waals surface area (Å²) in [5.74, 6) is -2.68. The van der Waals surface area contributed by atoms with Crippen LogP contribution in [-0.2, 0) is 4.79 Å². The van der Waals surface area contributed by atoms with Gasteiger partial charge in [-0.05, 0) is 36.8 Å². The fourth-order valence-electron chi connectivity index (χ4n) is 3.70. The van der Waals surface area contributed by atoms with E-state index in [0.717, 1.165) is 15.6 Å². The van der Waals surface area contributed by atoms with Gasteiger partial charge in [0.15, 0.2) is 0 Å². The van der Waals surface area contributed by atoms with E-state index in [1.54, 1.807) is 19.1 Å². The molecule has 9 heteroatoms.